The maximum atomic E-state index is 12.7. The van der Waals surface area contributed by atoms with Crippen LogP contribution < -0.4 is 16.4 Å². The van der Waals surface area contributed by atoms with Crippen LogP contribution in [0.15, 0.2) is 12.7 Å². The van der Waals surface area contributed by atoms with Gasteiger partial charge in [-0.3, -0.25) is 37.4 Å². The summed E-state index contributed by atoms with van der Waals surface area (Å²) < 4.78 is 62.1. The fraction of sp³-hybridized carbons (Fsp3) is 0.704. The van der Waals surface area contributed by atoms with Crippen molar-refractivity contribution in [1.29, 1.82) is 0 Å². The maximum absolute atomic E-state index is 12.7. The van der Waals surface area contributed by atoms with Crippen LogP contribution in [0.3, 0.4) is 0 Å². The number of nitrogens with two attached hydrogens (primary N) is 1. The average molecular weight is 913 g/mol. The van der Waals surface area contributed by atoms with Crippen molar-refractivity contribution in [3.05, 3.63) is 12.7 Å². The van der Waals surface area contributed by atoms with Crippen LogP contribution in [-0.2, 0) is 50.7 Å². The minimum atomic E-state index is -5.59. The lowest BCUT2D eigenvalue weighted by Crippen LogP contribution is -2.46. The van der Waals surface area contributed by atoms with E-state index in [1.54, 1.807) is 4.90 Å². The first kappa shape index (κ1) is 49.8. The Kier molecular flexibility index (Phi) is 18.7. The summed E-state index contributed by atoms with van der Waals surface area (Å²) in [6.07, 6.45) is -7.05. The Hall–Kier alpha value is -2.56. The highest BCUT2D eigenvalue weighted by atomic mass is 32.2. The molecule has 1 saturated heterocycles. The first-order valence-corrected chi connectivity index (χ1v) is 22.5. The first-order chi connectivity index (χ1) is 27.0. The molecule has 1 aliphatic rings. The lowest BCUT2D eigenvalue weighted by atomic mass is 9.87. The van der Waals surface area contributed by atoms with Crippen molar-refractivity contribution in [3.8, 4) is 0 Å². The molecule has 2 amide bonds. The third-order valence-corrected chi connectivity index (χ3v) is 11.9. The number of nitrogens with zero attached hydrogens (tertiary/aromatic N) is 5. The number of aliphatic hydroxyl groups is 4. The van der Waals surface area contributed by atoms with E-state index in [2.05, 4.69) is 34.4 Å². The molecule has 2 aromatic rings. The number of hydrogen-bond acceptors (Lipinski definition) is 21. The lowest BCUT2D eigenvalue weighted by Gasteiger charge is -2.30. The third-order valence-electron chi connectivity index (χ3n) is 7.95. The second kappa shape index (κ2) is 21.8. The van der Waals surface area contributed by atoms with Gasteiger partial charge in [-0.15, -0.1) is 0 Å². The summed E-state index contributed by atoms with van der Waals surface area (Å²) in [5.74, 6) is -1.31. The molecule has 0 bridgehead atoms. The number of amides is 2. The highest BCUT2D eigenvalue weighted by molar-refractivity contribution is 8.13. The molecule has 31 heteroatoms. The molecule has 7 atom stereocenters. The van der Waals surface area contributed by atoms with Gasteiger partial charge in [0.25, 0.3) is 0 Å². The summed E-state index contributed by atoms with van der Waals surface area (Å²) in [6, 6.07) is 0. The number of phosphoric ester groups is 3. The van der Waals surface area contributed by atoms with Crippen molar-refractivity contribution in [2.24, 2.45) is 5.41 Å². The normalized spacial score (nSPS) is 21.4. The largest absolute Gasteiger partial charge is 0.481 e. The van der Waals surface area contributed by atoms with Crippen molar-refractivity contribution in [2.45, 2.75) is 50.9 Å². The topological polar surface area (TPSA) is 407 Å². The van der Waals surface area contributed by atoms with Gasteiger partial charge in [-0.05, 0) is 0 Å². The van der Waals surface area contributed by atoms with E-state index >= 15 is 0 Å². The van der Waals surface area contributed by atoms with Gasteiger partial charge < -0.3 is 61.1 Å². The van der Waals surface area contributed by atoms with Gasteiger partial charge in [0.05, 0.1) is 39.3 Å². The van der Waals surface area contributed by atoms with E-state index in [0.717, 1.165) is 29.0 Å². The number of hydrogen-bond donors (Lipinski definition) is 11. The highest BCUT2D eigenvalue weighted by Crippen LogP contribution is 2.61. The second-order valence-corrected chi connectivity index (χ2v) is 18.4. The van der Waals surface area contributed by atoms with Crippen molar-refractivity contribution < 1.29 is 90.7 Å². The minimum Gasteiger partial charge on any atom is -0.395 e. The van der Waals surface area contributed by atoms with Crippen LogP contribution in [0.25, 0.3) is 11.2 Å². The Morgan fingerprint density at radius 3 is 2.33 bits per heavy atom. The number of aliphatic hydroxyl groups excluding tert-OH is 4. The molecule has 27 nitrogen and oxygen atoms in total. The van der Waals surface area contributed by atoms with Gasteiger partial charge in [0.2, 0.25) is 16.9 Å². The molecular weight excluding hydrogens is 865 g/mol. The molecule has 0 radical (unpaired) electrons. The van der Waals surface area contributed by atoms with Crippen LogP contribution in [0, 0.1) is 5.41 Å². The number of aromatic nitrogens is 4. The predicted molar refractivity (Wildman–Crippen MR) is 198 cm³/mol. The van der Waals surface area contributed by atoms with Crippen LogP contribution in [0.1, 0.15) is 26.5 Å². The summed E-state index contributed by atoms with van der Waals surface area (Å²) in [7, 11) is -16.4. The SMILES string of the molecule is CC(C)(COP(=O)(O)OP(=O)(O)OCC1OC(n2cnc3c(N)ncnc32)C(O)C1OP(=O)(O)O)C(O)C(=O)NCCC(=O)NCCSC(=O)CN(CCO)CCO. The van der Waals surface area contributed by atoms with E-state index in [-0.39, 0.29) is 80.2 Å². The number of phosphoric acid groups is 3. The Morgan fingerprint density at radius 1 is 1.03 bits per heavy atom. The molecule has 0 aromatic carbocycles. The Balaban J connectivity index is 1.46. The first-order valence-electron chi connectivity index (χ1n) is 17.0. The molecule has 7 unspecified atom stereocenters. The fourth-order valence-electron chi connectivity index (χ4n) is 5.08. The zero-order valence-electron chi connectivity index (χ0n) is 31.0. The molecule has 0 saturated carbocycles. The van der Waals surface area contributed by atoms with Crippen LogP contribution in [-0.4, -0.2) is 171 Å². The van der Waals surface area contributed by atoms with Gasteiger partial charge >= 0.3 is 23.5 Å². The molecule has 0 aliphatic carbocycles. The predicted octanol–water partition coefficient (Wildman–Crippen LogP) is -3.05. The van der Waals surface area contributed by atoms with Gasteiger partial charge in [0.15, 0.2) is 17.7 Å². The highest BCUT2D eigenvalue weighted by Gasteiger charge is 2.50. The fourth-order valence-corrected chi connectivity index (χ4v) is 8.61. The molecule has 1 fully saturated rings. The summed E-state index contributed by atoms with van der Waals surface area (Å²) in [4.78, 5) is 89.3. The molecule has 2 aromatic heterocycles. The number of fused-ring (bicyclic) bond motifs is 1. The quantitative estimate of drug-likeness (QED) is 0.0348. The Bertz CT molecular complexity index is 1850. The average Bonchev–Trinajstić information content (AvgIpc) is 3.68. The zero-order valence-corrected chi connectivity index (χ0v) is 34.5. The molecule has 1 aliphatic heterocycles. The number of rotatable bonds is 25. The number of anilines is 1. The minimum absolute atomic E-state index is 0.00160. The number of imidazole rings is 1. The van der Waals surface area contributed by atoms with E-state index in [1.165, 1.54) is 13.8 Å². The molecule has 0 spiro atoms. The number of carbonyl (C=O) groups excluding carboxylic acids is 3. The van der Waals surface area contributed by atoms with Crippen LogP contribution in [0.5, 0.6) is 0 Å². The van der Waals surface area contributed by atoms with E-state index in [9.17, 15) is 57.9 Å². The van der Waals surface area contributed by atoms with E-state index in [1.807, 2.05) is 0 Å². The van der Waals surface area contributed by atoms with Crippen molar-refractivity contribution in [1.82, 2.24) is 35.1 Å². The van der Waals surface area contributed by atoms with E-state index < -0.39 is 84.6 Å². The summed E-state index contributed by atoms with van der Waals surface area (Å²) >= 11 is 0.945. The number of nitrogens with one attached hydrogen (secondary N) is 2. The van der Waals surface area contributed by atoms with Crippen LogP contribution >= 0.6 is 35.2 Å². The molecule has 330 valence electrons. The number of thioether (sulfide) groups is 1. The molecule has 3 rings (SSSR count). The van der Waals surface area contributed by atoms with E-state index in [0.29, 0.717) is 0 Å². The van der Waals surface area contributed by atoms with Crippen molar-refractivity contribution >= 4 is 69.1 Å². The summed E-state index contributed by atoms with van der Waals surface area (Å²) in [6.45, 7) is 0.359. The zero-order chi connectivity index (χ0) is 43.5. The van der Waals surface area contributed by atoms with E-state index in [4.69, 9.17) is 29.7 Å². The van der Waals surface area contributed by atoms with Gasteiger partial charge in [-0.2, -0.15) is 4.31 Å². The number of ether oxygens (including phenoxy) is 1. The van der Waals surface area contributed by atoms with Crippen LogP contribution in [0.2, 0.25) is 0 Å². The van der Waals surface area contributed by atoms with Gasteiger partial charge in [-0.25, -0.2) is 28.6 Å². The smallest absolute Gasteiger partial charge is 0.395 e. The van der Waals surface area contributed by atoms with Gasteiger partial charge in [0, 0.05) is 43.8 Å². The van der Waals surface area contributed by atoms with Crippen molar-refractivity contribution in [3.63, 3.8) is 0 Å². The maximum Gasteiger partial charge on any atom is 0.481 e. The Morgan fingerprint density at radius 2 is 1.69 bits per heavy atom. The monoisotopic (exact) mass is 912 g/mol. The molecular formula is C27H47N8O19P3S. The second-order valence-electron chi connectivity index (χ2n) is 13.0. The number of nitrogen functional groups attached to an aromatic ring is 1. The molecule has 3 heterocycles. The third kappa shape index (κ3) is 15.5. The summed E-state index contributed by atoms with van der Waals surface area (Å²) in [5, 5.41) is 44.1. The van der Waals surface area contributed by atoms with Crippen molar-refractivity contribution in [2.75, 3.05) is 70.6 Å². The standard InChI is InChI=1S/C27H47N8O19P3S/c1-27(2,22(41)25(42)30-4-3-17(38)29-5-10-58-18(39)11-34(6-8-36)7-9-37)13-51-57(48,49)54-56(46,47)50-12-16-21(53-55(43,44)45)20(40)26(52-16)35-15-33-19-23(28)31-14-32-24(19)35/h14-16,20-22,26,36-37,40-41H,3-13H2,1-2H3,(H,29,38)(H,30,42)(H,46,47)(H,48,49)(H2,28,31,32)(H2,43,44,45). The lowest BCUT2D eigenvalue weighted by molar-refractivity contribution is -0.137. The number of carbonyl (C=O) groups is 3. The summed E-state index contributed by atoms with van der Waals surface area (Å²) in [5.41, 5.74) is 4.21. The Labute approximate surface area is 334 Å². The molecule has 58 heavy (non-hydrogen) atoms. The van der Waals surface area contributed by atoms with Crippen LogP contribution in [0.4, 0.5) is 5.82 Å². The van der Waals surface area contributed by atoms with Gasteiger partial charge in [0.1, 0.15) is 36.3 Å². The van der Waals surface area contributed by atoms with Gasteiger partial charge in [-0.1, -0.05) is 25.6 Å². The molecule has 12 N–H and O–H groups in total.